The molecule has 2 aromatic rings. The van der Waals surface area contributed by atoms with Gasteiger partial charge in [0.25, 0.3) is 0 Å². The molecule has 6 heteroatoms. The Bertz CT molecular complexity index is 820. The van der Waals surface area contributed by atoms with E-state index < -0.39 is 11.8 Å². The number of hydrogen-bond donors (Lipinski definition) is 1. The van der Waals surface area contributed by atoms with E-state index >= 15 is 0 Å². The summed E-state index contributed by atoms with van der Waals surface area (Å²) in [5.41, 5.74) is 2.33. The molecule has 1 spiro atoms. The van der Waals surface area contributed by atoms with Crippen molar-refractivity contribution in [3.05, 3.63) is 52.6 Å². The van der Waals surface area contributed by atoms with Crippen molar-refractivity contribution in [2.75, 3.05) is 11.4 Å². The molecule has 4 nitrogen and oxygen atoms in total. The summed E-state index contributed by atoms with van der Waals surface area (Å²) in [5, 5.41) is 9.28. The number of nitrogens with zero attached hydrogens (tertiary/aromatic N) is 2. The first-order chi connectivity index (χ1) is 11.0. The quantitative estimate of drug-likeness (QED) is 0.897. The lowest BCUT2D eigenvalue weighted by molar-refractivity contribution is 0.0689. The highest BCUT2D eigenvalue weighted by atomic mass is 35.5. The average Bonchev–Trinajstić information content (AvgIpc) is 2.85. The predicted octanol–water partition coefficient (Wildman–Crippen LogP) is 4.15. The minimum atomic E-state index is -1.03. The van der Waals surface area contributed by atoms with Crippen LogP contribution in [0.15, 0.2) is 30.3 Å². The van der Waals surface area contributed by atoms with E-state index in [0.29, 0.717) is 12.2 Å². The molecule has 23 heavy (non-hydrogen) atoms. The third kappa shape index (κ3) is 2.10. The van der Waals surface area contributed by atoms with Gasteiger partial charge < -0.3 is 10.0 Å². The summed E-state index contributed by atoms with van der Waals surface area (Å²) in [6.07, 6.45) is 3.05. The molecule has 118 valence electrons. The predicted molar refractivity (Wildman–Crippen MR) is 85.1 cm³/mol. The zero-order valence-corrected chi connectivity index (χ0v) is 13.0. The Morgan fingerprint density at radius 3 is 2.70 bits per heavy atom. The normalized spacial score (nSPS) is 17.9. The number of hydrogen-bond acceptors (Lipinski definition) is 3. The van der Waals surface area contributed by atoms with Crippen LogP contribution in [0.4, 0.5) is 15.8 Å². The molecule has 1 fully saturated rings. The Morgan fingerprint density at radius 2 is 2.09 bits per heavy atom. The summed E-state index contributed by atoms with van der Waals surface area (Å²) in [5.74, 6) is -1.49. The molecular formula is C17H14ClFN2O2. The number of anilines is 2. The van der Waals surface area contributed by atoms with E-state index in [-0.39, 0.29) is 16.1 Å². The lowest BCUT2D eigenvalue weighted by Gasteiger charge is -2.38. The van der Waals surface area contributed by atoms with E-state index in [2.05, 4.69) is 4.98 Å². The van der Waals surface area contributed by atoms with Gasteiger partial charge in [0.15, 0.2) is 0 Å². The molecule has 0 atom stereocenters. The number of carboxylic acids is 1. The number of halogens is 2. The van der Waals surface area contributed by atoms with Crippen LogP contribution in [0, 0.1) is 5.82 Å². The fourth-order valence-corrected chi connectivity index (χ4v) is 3.64. The fraction of sp³-hybridized carbons (Fsp3) is 0.294. The standard InChI is InChI=1S/C17H14ClFN2O2/c18-11-3-2-10(8-12(11)19)21-9-17(6-1-7-17)15-14(21)5-4-13(20-15)16(22)23/h2-5,8H,1,6-7,9H2,(H,22,23). The maximum Gasteiger partial charge on any atom is 0.354 e. The number of aromatic nitrogens is 1. The van der Waals surface area contributed by atoms with Crippen molar-refractivity contribution in [2.45, 2.75) is 24.7 Å². The van der Waals surface area contributed by atoms with Crippen LogP contribution in [0.3, 0.4) is 0 Å². The van der Waals surface area contributed by atoms with Gasteiger partial charge in [0.1, 0.15) is 11.5 Å². The second kappa shape index (κ2) is 4.93. The molecule has 0 unspecified atom stereocenters. The third-order valence-electron chi connectivity index (χ3n) is 4.87. The smallest absolute Gasteiger partial charge is 0.354 e. The Morgan fingerprint density at radius 1 is 1.30 bits per heavy atom. The maximum absolute atomic E-state index is 13.8. The summed E-state index contributed by atoms with van der Waals surface area (Å²) in [7, 11) is 0. The Labute approximate surface area is 137 Å². The molecule has 2 aliphatic rings. The number of aromatic carboxylic acids is 1. The van der Waals surface area contributed by atoms with Crippen molar-refractivity contribution in [3.8, 4) is 0 Å². The van der Waals surface area contributed by atoms with Gasteiger partial charge in [-0.1, -0.05) is 18.0 Å². The first kappa shape index (κ1) is 14.5. The largest absolute Gasteiger partial charge is 0.477 e. The molecule has 0 saturated heterocycles. The van der Waals surface area contributed by atoms with Crippen molar-refractivity contribution < 1.29 is 14.3 Å². The van der Waals surface area contributed by atoms with Gasteiger partial charge in [0.05, 0.1) is 16.4 Å². The van der Waals surface area contributed by atoms with Crippen LogP contribution in [0.1, 0.15) is 35.4 Å². The van der Waals surface area contributed by atoms with E-state index in [0.717, 1.165) is 30.6 Å². The molecular weight excluding hydrogens is 319 g/mol. The lowest BCUT2D eigenvalue weighted by Crippen LogP contribution is -2.38. The Hall–Kier alpha value is -2.14. The minimum absolute atomic E-state index is 0.0548. The van der Waals surface area contributed by atoms with E-state index in [1.54, 1.807) is 12.1 Å². The van der Waals surface area contributed by atoms with Crippen LogP contribution < -0.4 is 4.90 Å². The number of rotatable bonds is 2. The zero-order valence-electron chi connectivity index (χ0n) is 12.2. The number of carboxylic acid groups (broad SMARTS) is 1. The molecule has 4 rings (SSSR count). The highest BCUT2D eigenvalue weighted by Crippen LogP contribution is 2.53. The van der Waals surface area contributed by atoms with Gasteiger partial charge in [0, 0.05) is 17.6 Å². The third-order valence-corrected chi connectivity index (χ3v) is 5.18. The van der Waals surface area contributed by atoms with Crippen LogP contribution in [0.5, 0.6) is 0 Å². The SMILES string of the molecule is O=C(O)c1ccc2c(n1)C1(CCC1)CN2c1ccc(Cl)c(F)c1. The van der Waals surface area contributed by atoms with Crippen LogP contribution in [-0.2, 0) is 5.41 Å². The molecule has 0 radical (unpaired) electrons. The summed E-state index contributed by atoms with van der Waals surface area (Å²) < 4.78 is 13.8. The monoisotopic (exact) mass is 332 g/mol. The van der Waals surface area contributed by atoms with E-state index in [1.807, 2.05) is 4.90 Å². The lowest BCUT2D eigenvalue weighted by atomic mass is 9.67. The first-order valence-corrected chi connectivity index (χ1v) is 7.85. The van der Waals surface area contributed by atoms with Crippen LogP contribution in [0.25, 0.3) is 0 Å². The molecule has 1 N–H and O–H groups in total. The first-order valence-electron chi connectivity index (χ1n) is 7.48. The van der Waals surface area contributed by atoms with Gasteiger partial charge >= 0.3 is 5.97 Å². The van der Waals surface area contributed by atoms with E-state index in [1.165, 1.54) is 18.2 Å². The fourth-order valence-electron chi connectivity index (χ4n) is 3.52. The number of fused-ring (bicyclic) bond motifs is 2. The minimum Gasteiger partial charge on any atom is -0.477 e. The molecule has 1 aromatic carbocycles. The molecule has 1 aliphatic heterocycles. The summed E-state index contributed by atoms with van der Waals surface area (Å²) in [4.78, 5) is 17.6. The number of carbonyl (C=O) groups is 1. The number of benzene rings is 1. The summed E-state index contributed by atoms with van der Waals surface area (Å²) in [6.45, 7) is 0.694. The second-order valence-electron chi connectivity index (χ2n) is 6.19. The molecule has 0 bridgehead atoms. The van der Waals surface area contributed by atoms with Gasteiger partial charge in [-0.15, -0.1) is 0 Å². The highest BCUT2D eigenvalue weighted by Gasteiger charge is 2.49. The van der Waals surface area contributed by atoms with E-state index in [4.69, 9.17) is 11.6 Å². The maximum atomic E-state index is 13.8. The van der Waals surface area contributed by atoms with Gasteiger partial charge in [0.2, 0.25) is 0 Å². The van der Waals surface area contributed by atoms with Gasteiger partial charge in [-0.3, -0.25) is 0 Å². The van der Waals surface area contributed by atoms with Crippen molar-refractivity contribution in [1.82, 2.24) is 4.98 Å². The molecule has 1 saturated carbocycles. The zero-order chi connectivity index (χ0) is 16.2. The summed E-state index contributed by atoms with van der Waals surface area (Å²) >= 11 is 5.77. The van der Waals surface area contributed by atoms with Crippen molar-refractivity contribution in [3.63, 3.8) is 0 Å². The van der Waals surface area contributed by atoms with E-state index in [9.17, 15) is 14.3 Å². The van der Waals surface area contributed by atoms with Crippen LogP contribution >= 0.6 is 11.6 Å². The van der Waals surface area contributed by atoms with Gasteiger partial charge in [-0.2, -0.15) is 0 Å². The van der Waals surface area contributed by atoms with Crippen LogP contribution in [0.2, 0.25) is 5.02 Å². The topological polar surface area (TPSA) is 53.4 Å². The van der Waals surface area contributed by atoms with Crippen LogP contribution in [-0.4, -0.2) is 22.6 Å². The molecule has 1 aromatic heterocycles. The molecule has 1 aliphatic carbocycles. The van der Waals surface area contributed by atoms with Crippen molar-refractivity contribution in [1.29, 1.82) is 0 Å². The Balaban J connectivity index is 1.83. The summed E-state index contributed by atoms with van der Waals surface area (Å²) in [6, 6.07) is 7.99. The second-order valence-corrected chi connectivity index (χ2v) is 6.60. The van der Waals surface area contributed by atoms with Crippen molar-refractivity contribution in [2.24, 2.45) is 0 Å². The van der Waals surface area contributed by atoms with Crippen molar-refractivity contribution >= 4 is 28.9 Å². The molecule has 2 heterocycles. The van der Waals surface area contributed by atoms with Gasteiger partial charge in [-0.25, -0.2) is 14.2 Å². The average molecular weight is 333 g/mol. The number of pyridine rings is 1. The van der Waals surface area contributed by atoms with Gasteiger partial charge in [-0.05, 0) is 43.2 Å². The molecule has 0 amide bonds. The Kier molecular flexibility index (Phi) is 3.10. The highest BCUT2D eigenvalue weighted by molar-refractivity contribution is 6.30.